The second-order valence-electron chi connectivity index (χ2n) is 6.32. The lowest BCUT2D eigenvalue weighted by Crippen LogP contribution is -2.20. The number of hydrogen-bond donors (Lipinski definition) is 1. The van der Waals surface area contributed by atoms with Crippen molar-refractivity contribution < 1.29 is 4.79 Å². The molecule has 1 unspecified atom stereocenters. The van der Waals surface area contributed by atoms with Crippen molar-refractivity contribution in [2.24, 2.45) is 5.92 Å². The third-order valence-corrected chi connectivity index (χ3v) is 5.00. The summed E-state index contributed by atoms with van der Waals surface area (Å²) in [6.45, 7) is 2.05. The lowest BCUT2D eigenvalue weighted by Gasteiger charge is -2.18. The molecule has 0 saturated heterocycles. The molecule has 4 rings (SSSR count). The summed E-state index contributed by atoms with van der Waals surface area (Å²) in [5, 5.41) is 8.65. The Hall–Kier alpha value is -2.44. The maximum Gasteiger partial charge on any atom is 0.250 e. The fourth-order valence-electron chi connectivity index (χ4n) is 3.12. The number of anilines is 2. The highest BCUT2D eigenvalue weighted by Gasteiger charge is 2.31. The molecule has 0 fully saturated rings. The van der Waals surface area contributed by atoms with Gasteiger partial charge in [0.25, 0.3) is 5.95 Å². The highest BCUT2D eigenvalue weighted by atomic mass is 35.5. The van der Waals surface area contributed by atoms with Crippen molar-refractivity contribution in [2.75, 3.05) is 5.32 Å². The van der Waals surface area contributed by atoms with Crippen LogP contribution in [0.4, 0.5) is 11.5 Å². The van der Waals surface area contributed by atoms with E-state index in [9.17, 15) is 4.79 Å². The molecule has 8 heteroatoms. The van der Waals surface area contributed by atoms with Gasteiger partial charge in [-0.1, -0.05) is 30.1 Å². The molecule has 1 aliphatic carbocycles. The lowest BCUT2D eigenvalue weighted by molar-refractivity contribution is 0.0953. The molecule has 1 aliphatic rings. The van der Waals surface area contributed by atoms with Crippen LogP contribution in [0.1, 0.15) is 29.4 Å². The Morgan fingerprint density at radius 1 is 1.15 bits per heavy atom. The van der Waals surface area contributed by atoms with E-state index in [0.717, 1.165) is 12.1 Å². The van der Waals surface area contributed by atoms with E-state index in [0.29, 0.717) is 39.5 Å². The fraction of sp³-hybridized carbons (Fsp3) is 0.222. The van der Waals surface area contributed by atoms with Gasteiger partial charge in [0, 0.05) is 24.5 Å². The number of aromatic nitrogens is 4. The molecule has 1 atom stereocenters. The van der Waals surface area contributed by atoms with E-state index >= 15 is 0 Å². The van der Waals surface area contributed by atoms with Gasteiger partial charge < -0.3 is 5.32 Å². The number of benzene rings is 1. The molecule has 26 heavy (non-hydrogen) atoms. The highest BCUT2D eigenvalue weighted by Crippen LogP contribution is 2.34. The number of ketones is 1. The molecule has 0 saturated carbocycles. The van der Waals surface area contributed by atoms with Gasteiger partial charge in [-0.3, -0.25) is 4.79 Å². The van der Waals surface area contributed by atoms with Crippen LogP contribution in [0.3, 0.4) is 0 Å². The van der Waals surface area contributed by atoms with Gasteiger partial charge >= 0.3 is 0 Å². The Morgan fingerprint density at radius 3 is 2.65 bits per heavy atom. The van der Waals surface area contributed by atoms with Gasteiger partial charge in [0.1, 0.15) is 0 Å². The average molecular weight is 388 g/mol. The minimum absolute atomic E-state index is 0.0588. The molecular weight excluding hydrogens is 373 g/mol. The van der Waals surface area contributed by atoms with E-state index in [1.165, 1.54) is 0 Å². The van der Waals surface area contributed by atoms with Gasteiger partial charge in [0.15, 0.2) is 11.6 Å². The Labute approximate surface area is 160 Å². The molecule has 0 spiro atoms. The summed E-state index contributed by atoms with van der Waals surface area (Å²) in [7, 11) is 0. The summed E-state index contributed by atoms with van der Waals surface area (Å²) in [5.41, 5.74) is 2.11. The van der Waals surface area contributed by atoms with Crippen LogP contribution >= 0.6 is 23.2 Å². The minimum Gasteiger partial charge on any atom is -0.338 e. The summed E-state index contributed by atoms with van der Waals surface area (Å²) in [6, 6.07) is 6.92. The molecule has 0 radical (unpaired) electrons. The number of Topliss-reactive ketones (excluding diaryl/α,β-unsaturated/α-hetero) is 1. The first-order chi connectivity index (χ1) is 12.5. The predicted octanol–water partition coefficient (Wildman–Crippen LogP) is 4.48. The Balaban J connectivity index is 1.82. The number of halogens is 2. The largest absolute Gasteiger partial charge is 0.338 e. The van der Waals surface area contributed by atoms with E-state index in [1.54, 1.807) is 41.3 Å². The van der Waals surface area contributed by atoms with Crippen LogP contribution in [0.5, 0.6) is 0 Å². The van der Waals surface area contributed by atoms with Gasteiger partial charge in [0.2, 0.25) is 0 Å². The summed E-state index contributed by atoms with van der Waals surface area (Å²) in [4.78, 5) is 21.2. The van der Waals surface area contributed by atoms with Crippen LogP contribution < -0.4 is 5.32 Å². The van der Waals surface area contributed by atoms with Gasteiger partial charge in [-0.2, -0.15) is 0 Å². The lowest BCUT2D eigenvalue weighted by atomic mass is 9.88. The number of carbonyl (C=O) groups is 1. The molecule has 0 aliphatic heterocycles. The van der Waals surface area contributed by atoms with Crippen LogP contribution in [-0.2, 0) is 6.42 Å². The van der Waals surface area contributed by atoms with Crippen molar-refractivity contribution in [3.05, 3.63) is 58.0 Å². The first kappa shape index (κ1) is 17.0. The van der Waals surface area contributed by atoms with Crippen molar-refractivity contribution >= 4 is 40.5 Å². The van der Waals surface area contributed by atoms with Gasteiger partial charge in [-0.15, -0.1) is 5.10 Å². The standard InChI is InChI=1S/C18H15Cl2N5O/c1-10-7-14-16(15(26)8-10)17(23-11-3-4-12(19)13(20)9-11)24-25(14)18-21-5-2-6-22-18/h2-6,9-10H,7-8H2,1H3,(H,23,24). The number of carbonyl (C=O) groups excluding carboxylic acids is 1. The van der Waals surface area contributed by atoms with E-state index in [-0.39, 0.29) is 11.7 Å². The molecule has 0 bridgehead atoms. The Morgan fingerprint density at radius 2 is 1.92 bits per heavy atom. The summed E-state index contributed by atoms with van der Waals surface area (Å²) in [6.07, 6.45) is 4.52. The van der Waals surface area contributed by atoms with Crippen LogP contribution in [-0.4, -0.2) is 25.5 Å². The van der Waals surface area contributed by atoms with Gasteiger partial charge in [-0.25, -0.2) is 14.6 Å². The number of nitrogens with zero attached hydrogens (tertiary/aromatic N) is 4. The van der Waals surface area contributed by atoms with Crippen molar-refractivity contribution in [1.82, 2.24) is 19.7 Å². The predicted molar refractivity (Wildman–Crippen MR) is 101 cm³/mol. The number of nitrogens with one attached hydrogen (secondary N) is 1. The summed E-state index contributed by atoms with van der Waals surface area (Å²) < 4.78 is 1.64. The minimum atomic E-state index is 0.0588. The molecule has 3 aromatic rings. The molecule has 1 aromatic carbocycles. The van der Waals surface area contributed by atoms with Crippen molar-refractivity contribution in [1.29, 1.82) is 0 Å². The van der Waals surface area contributed by atoms with E-state index in [2.05, 4.69) is 27.3 Å². The first-order valence-corrected chi connectivity index (χ1v) is 8.93. The maximum absolute atomic E-state index is 12.7. The van der Waals surface area contributed by atoms with Gasteiger partial charge in [-0.05, 0) is 36.6 Å². The zero-order valence-corrected chi connectivity index (χ0v) is 15.4. The Bertz CT molecular complexity index is 987. The zero-order valence-electron chi connectivity index (χ0n) is 13.9. The molecular formula is C18H15Cl2N5O. The molecule has 2 heterocycles. The summed E-state index contributed by atoms with van der Waals surface area (Å²) in [5.74, 6) is 1.21. The van der Waals surface area contributed by atoms with Crippen LogP contribution in [0, 0.1) is 5.92 Å². The van der Waals surface area contributed by atoms with Crippen molar-refractivity contribution in [3.63, 3.8) is 0 Å². The number of rotatable bonds is 3. The molecule has 132 valence electrons. The Kier molecular flexibility index (Phi) is 4.38. The smallest absolute Gasteiger partial charge is 0.250 e. The maximum atomic E-state index is 12.7. The number of fused-ring (bicyclic) bond motifs is 1. The molecule has 2 aromatic heterocycles. The third-order valence-electron chi connectivity index (χ3n) is 4.26. The zero-order chi connectivity index (χ0) is 18.3. The fourth-order valence-corrected chi connectivity index (χ4v) is 3.42. The topological polar surface area (TPSA) is 72.7 Å². The van der Waals surface area contributed by atoms with E-state index in [1.807, 2.05) is 0 Å². The quantitative estimate of drug-likeness (QED) is 0.716. The molecule has 1 N–H and O–H groups in total. The monoisotopic (exact) mass is 387 g/mol. The second kappa shape index (κ2) is 6.70. The van der Waals surface area contributed by atoms with E-state index in [4.69, 9.17) is 23.2 Å². The summed E-state index contributed by atoms with van der Waals surface area (Å²) >= 11 is 12.1. The highest BCUT2D eigenvalue weighted by molar-refractivity contribution is 6.42. The first-order valence-electron chi connectivity index (χ1n) is 8.17. The SMILES string of the molecule is CC1CC(=O)c2c(Nc3ccc(Cl)c(Cl)c3)nn(-c3ncccn3)c2C1. The second-order valence-corrected chi connectivity index (χ2v) is 7.14. The average Bonchev–Trinajstić information content (AvgIpc) is 2.97. The van der Waals surface area contributed by atoms with E-state index < -0.39 is 0 Å². The van der Waals surface area contributed by atoms with Crippen molar-refractivity contribution in [2.45, 2.75) is 19.8 Å². The van der Waals surface area contributed by atoms with Crippen LogP contribution in [0.2, 0.25) is 10.0 Å². The number of hydrogen-bond acceptors (Lipinski definition) is 5. The molecule has 6 nitrogen and oxygen atoms in total. The normalized spacial score (nSPS) is 16.4. The van der Waals surface area contributed by atoms with Crippen LogP contribution in [0.25, 0.3) is 5.95 Å². The molecule has 0 amide bonds. The van der Waals surface area contributed by atoms with Gasteiger partial charge in [0.05, 0.1) is 21.3 Å². The van der Waals surface area contributed by atoms with Crippen molar-refractivity contribution in [3.8, 4) is 5.95 Å². The van der Waals surface area contributed by atoms with Crippen LogP contribution in [0.15, 0.2) is 36.7 Å². The third kappa shape index (κ3) is 3.06.